The van der Waals surface area contributed by atoms with Crippen LogP contribution in [0.5, 0.6) is 0 Å². The highest BCUT2D eigenvalue weighted by molar-refractivity contribution is 9.10. The summed E-state index contributed by atoms with van der Waals surface area (Å²) < 4.78 is 6.25. The molecular weight excluding hydrogens is 316 g/mol. The first-order chi connectivity index (χ1) is 9.78. The Morgan fingerprint density at radius 1 is 1.40 bits per heavy atom. The van der Waals surface area contributed by atoms with Gasteiger partial charge in [0.15, 0.2) is 0 Å². The van der Waals surface area contributed by atoms with E-state index in [0.29, 0.717) is 0 Å². The molecule has 1 aliphatic heterocycles. The van der Waals surface area contributed by atoms with Gasteiger partial charge in [0.05, 0.1) is 6.61 Å². The fourth-order valence-electron chi connectivity index (χ4n) is 3.59. The zero-order valence-corrected chi connectivity index (χ0v) is 13.7. The van der Waals surface area contributed by atoms with Gasteiger partial charge in [-0.3, -0.25) is 0 Å². The molecule has 1 aromatic rings. The molecule has 1 heterocycles. The average Bonchev–Trinajstić information content (AvgIpc) is 3.06. The van der Waals surface area contributed by atoms with Crippen molar-refractivity contribution in [1.82, 2.24) is 5.32 Å². The van der Waals surface area contributed by atoms with Gasteiger partial charge in [-0.1, -0.05) is 15.9 Å². The second-order valence-electron chi connectivity index (χ2n) is 5.93. The molecule has 2 fully saturated rings. The summed E-state index contributed by atoms with van der Waals surface area (Å²) in [6, 6.07) is 7.47. The minimum absolute atomic E-state index is 0.762. The summed E-state index contributed by atoms with van der Waals surface area (Å²) in [6.07, 6.45) is 4.20. The molecule has 2 unspecified atom stereocenters. The molecule has 2 aliphatic rings. The summed E-state index contributed by atoms with van der Waals surface area (Å²) in [5, 5.41) is 3.47. The lowest BCUT2D eigenvalue weighted by Gasteiger charge is -2.31. The first-order valence-corrected chi connectivity index (χ1v) is 8.32. The summed E-state index contributed by atoms with van der Waals surface area (Å²) in [7, 11) is 1.74. The molecule has 1 N–H and O–H groups in total. The molecule has 1 saturated carbocycles. The van der Waals surface area contributed by atoms with Gasteiger partial charge >= 0.3 is 0 Å². The Morgan fingerprint density at radius 3 is 3.00 bits per heavy atom. The zero-order chi connectivity index (χ0) is 13.9. The summed E-state index contributed by atoms with van der Waals surface area (Å²) in [5.74, 6) is 0.929. The number of fused-ring (bicyclic) bond motifs is 2. The van der Waals surface area contributed by atoms with E-state index in [-0.39, 0.29) is 0 Å². The van der Waals surface area contributed by atoms with Crippen molar-refractivity contribution in [1.29, 1.82) is 0 Å². The Kier molecular flexibility index (Phi) is 4.64. The first kappa shape index (κ1) is 14.4. The molecular formula is C16H23BrN2O. The van der Waals surface area contributed by atoms with Crippen LogP contribution < -0.4 is 10.2 Å². The Bertz CT molecular complexity index is 466. The predicted octanol–water partition coefficient (Wildman–Crippen LogP) is 3.17. The average molecular weight is 339 g/mol. The molecule has 0 spiro atoms. The number of methoxy groups -OCH3 is 1. The number of anilines is 1. The Morgan fingerprint density at radius 2 is 2.30 bits per heavy atom. The smallest absolute Gasteiger partial charge is 0.0587 e. The molecule has 0 radical (unpaired) electrons. The van der Waals surface area contributed by atoms with Crippen LogP contribution in [0.15, 0.2) is 22.7 Å². The number of benzene rings is 1. The van der Waals surface area contributed by atoms with Crippen LogP contribution in [0.25, 0.3) is 0 Å². The normalized spacial score (nSPS) is 24.6. The van der Waals surface area contributed by atoms with Crippen molar-refractivity contribution in [2.45, 2.75) is 31.8 Å². The van der Waals surface area contributed by atoms with Gasteiger partial charge in [0, 0.05) is 42.9 Å². The van der Waals surface area contributed by atoms with E-state index in [1.165, 1.54) is 37.1 Å². The fraction of sp³-hybridized carbons (Fsp3) is 0.625. The number of hydrogen-bond acceptors (Lipinski definition) is 3. The second-order valence-corrected chi connectivity index (χ2v) is 6.84. The van der Waals surface area contributed by atoms with Gasteiger partial charge in [0.1, 0.15) is 0 Å². The fourth-order valence-corrected chi connectivity index (χ4v) is 4.00. The van der Waals surface area contributed by atoms with Crippen LogP contribution in [0.1, 0.15) is 24.8 Å². The van der Waals surface area contributed by atoms with E-state index in [4.69, 9.17) is 4.74 Å². The predicted molar refractivity (Wildman–Crippen MR) is 86.2 cm³/mol. The number of hydrogen-bond donors (Lipinski definition) is 1. The van der Waals surface area contributed by atoms with Gasteiger partial charge in [0.25, 0.3) is 0 Å². The Hall–Kier alpha value is -0.580. The van der Waals surface area contributed by atoms with E-state index < -0.39 is 0 Å². The van der Waals surface area contributed by atoms with Gasteiger partial charge in [-0.05, 0) is 48.9 Å². The van der Waals surface area contributed by atoms with Crippen LogP contribution >= 0.6 is 15.9 Å². The highest BCUT2D eigenvalue weighted by Crippen LogP contribution is 2.41. The van der Waals surface area contributed by atoms with Crippen LogP contribution in [0.4, 0.5) is 5.69 Å². The van der Waals surface area contributed by atoms with Gasteiger partial charge in [-0.2, -0.15) is 0 Å². The van der Waals surface area contributed by atoms with Crippen molar-refractivity contribution in [2.75, 3.05) is 31.7 Å². The zero-order valence-electron chi connectivity index (χ0n) is 12.1. The van der Waals surface area contributed by atoms with Crippen LogP contribution in [-0.2, 0) is 11.3 Å². The molecule has 1 aromatic carbocycles. The van der Waals surface area contributed by atoms with Crippen molar-refractivity contribution >= 4 is 21.6 Å². The van der Waals surface area contributed by atoms with Gasteiger partial charge in [-0.25, -0.2) is 0 Å². The summed E-state index contributed by atoms with van der Waals surface area (Å²) in [4.78, 5) is 2.63. The maximum atomic E-state index is 5.09. The Labute approximate surface area is 129 Å². The maximum absolute atomic E-state index is 5.09. The quantitative estimate of drug-likeness (QED) is 0.806. The van der Waals surface area contributed by atoms with Crippen LogP contribution in [-0.4, -0.2) is 32.8 Å². The summed E-state index contributed by atoms with van der Waals surface area (Å²) >= 11 is 3.60. The van der Waals surface area contributed by atoms with Crippen molar-refractivity contribution in [3.8, 4) is 0 Å². The molecule has 1 saturated heterocycles. The molecule has 4 heteroatoms. The third-order valence-electron chi connectivity index (χ3n) is 4.56. The van der Waals surface area contributed by atoms with Crippen LogP contribution in [0.3, 0.4) is 0 Å². The van der Waals surface area contributed by atoms with Gasteiger partial charge in [-0.15, -0.1) is 0 Å². The van der Waals surface area contributed by atoms with E-state index in [2.05, 4.69) is 44.3 Å². The monoisotopic (exact) mass is 338 g/mol. The van der Waals surface area contributed by atoms with E-state index >= 15 is 0 Å². The van der Waals surface area contributed by atoms with Crippen molar-refractivity contribution in [3.05, 3.63) is 28.2 Å². The molecule has 2 bridgehead atoms. The summed E-state index contributed by atoms with van der Waals surface area (Å²) in [6.45, 7) is 3.82. The van der Waals surface area contributed by atoms with E-state index in [9.17, 15) is 0 Å². The lowest BCUT2D eigenvalue weighted by atomic mass is 10.1. The lowest BCUT2D eigenvalue weighted by Crippen LogP contribution is -2.33. The molecule has 3 nitrogen and oxygen atoms in total. The van der Waals surface area contributed by atoms with Gasteiger partial charge in [0.2, 0.25) is 0 Å². The number of nitrogens with zero attached hydrogens (tertiary/aromatic N) is 1. The number of ether oxygens (including phenoxy) is 1. The van der Waals surface area contributed by atoms with Crippen LogP contribution in [0.2, 0.25) is 0 Å². The van der Waals surface area contributed by atoms with E-state index in [1.807, 2.05) is 0 Å². The molecule has 1 aliphatic carbocycles. The lowest BCUT2D eigenvalue weighted by molar-refractivity contribution is 0.199. The standard InChI is InChI=1S/C16H23BrN2O/c1-20-7-6-18-10-13-9-14(17)3-5-16(13)19-11-12-2-4-15(19)8-12/h3,5,9,12,15,18H,2,4,6-8,10-11H2,1H3. The van der Waals surface area contributed by atoms with Crippen LogP contribution in [0, 0.1) is 5.92 Å². The molecule has 2 atom stereocenters. The molecule has 110 valence electrons. The third kappa shape index (κ3) is 3.02. The molecule has 3 rings (SSSR count). The molecule has 20 heavy (non-hydrogen) atoms. The van der Waals surface area contributed by atoms with Gasteiger partial charge < -0.3 is 15.0 Å². The highest BCUT2D eigenvalue weighted by atomic mass is 79.9. The second kappa shape index (κ2) is 6.46. The third-order valence-corrected chi connectivity index (χ3v) is 5.05. The minimum Gasteiger partial charge on any atom is -0.383 e. The SMILES string of the molecule is COCCNCc1cc(Br)ccc1N1CC2CCC1C2. The Balaban J connectivity index is 1.72. The van der Waals surface area contributed by atoms with Crippen molar-refractivity contribution in [3.63, 3.8) is 0 Å². The highest BCUT2D eigenvalue weighted by Gasteiger charge is 2.38. The topological polar surface area (TPSA) is 24.5 Å². The number of rotatable bonds is 6. The number of piperidine rings is 1. The molecule has 0 aromatic heterocycles. The summed E-state index contributed by atoms with van der Waals surface area (Å²) in [5.41, 5.74) is 2.81. The minimum atomic E-state index is 0.762. The number of nitrogens with one attached hydrogen (secondary N) is 1. The maximum Gasteiger partial charge on any atom is 0.0587 e. The van der Waals surface area contributed by atoms with E-state index in [1.54, 1.807) is 7.11 Å². The van der Waals surface area contributed by atoms with E-state index in [0.717, 1.165) is 36.1 Å². The largest absolute Gasteiger partial charge is 0.383 e. The van der Waals surface area contributed by atoms with Crippen molar-refractivity contribution < 1.29 is 4.74 Å². The molecule has 0 amide bonds. The first-order valence-electron chi connectivity index (χ1n) is 7.52. The van der Waals surface area contributed by atoms with Crippen molar-refractivity contribution in [2.24, 2.45) is 5.92 Å². The number of halogens is 1.